The van der Waals surface area contributed by atoms with Crippen molar-refractivity contribution in [2.24, 2.45) is 5.41 Å². The Morgan fingerprint density at radius 3 is 2.49 bits per heavy atom. The van der Waals surface area contributed by atoms with E-state index < -0.39 is 10.0 Å². The Hall–Kier alpha value is -4.05. The van der Waals surface area contributed by atoms with E-state index >= 15 is 0 Å². The maximum absolute atomic E-state index is 13.6. The third kappa shape index (κ3) is 5.12. The van der Waals surface area contributed by atoms with Crippen LogP contribution in [0, 0.1) is 19.3 Å². The normalized spacial score (nSPS) is 18.9. The second kappa shape index (κ2) is 10.4. The van der Waals surface area contributed by atoms with Crippen molar-refractivity contribution >= 4 is 38.2 Å². The molecule has 0 bridgehead atoms. The van der Waals surface area contributed by atoms with E-state index in [9.17, 15) is 13.2 Å². The van der Waals surface area contributed by atoms with Crippen LogP contribution in [0.2, 0.25) is 0 Å². The van der Waals surface area contributed by atoms with Crippen LogP contribution < -0.4 is 14.4 Å². The molecule has 0 aliphatic carbocycles. The number of sulfonamides is 1. The number of aryl methyl sites for hydroxylation is 2. The zero-order valence-corrected chi connectivity index (χ0v) is 24.4. The summed E-state index contributed by atoms with van der Waals surface area (Å²) in [5.74, 6) is 0.654. The van der Waals surface area contributed by atoms with E-state index in [0.29, 0.717) is 28.1 Å². The number of hydrogen-bond acceptors (Lipinski definition) is 6. The summed E-state index contributed by atoms with van der Waals surface area (Å²) >= 11 is 0. The van der Waals surface area contributed by atoms with Gasteiger partial charge < -0.3 is 19.1 Å². The molecule has 4 aromatic rings. The van der Waals surface area contributed by atoms with Crippen molar-refractivity contribution in [3.05, 3.63) is 78.2 Å². The third-order valence-corrected chi connectivity index (χ3v) is 10.2. The molecule has 10 heteroatoms. The van der Waals surface area contributed by atoms with Crippen molar-refractivity contribution in [2.75, 3.05) is 42.9 Å². The molecule has 0 saturated carbocycles. The Balaban J connectivity index is 1.20. The highest BCUT2D eigenvalue weighted by Gasteiger charge is 2.44. The van der Waals surface area contributed by atoms with Crippen molar-refractivity contribution in [3.63, 3.8) is 0 Å². The number of pyridine rings is 1. The molecule has 1 N–H and O–H groups in total. The van der Waals surface area contributed by atoms with Gasteiger partial charge in [0.25, 0.3) is 10.0 Å². The molecule has 214 valence electrons. The van der Waals surface area contributed by atoms with Crippen molar-refractivity contribution in [1.82, 2.24) is 14.5 Å². The van der Waals surface area contributed by atoms with Gasteiger partial charge in [-0.25, -0.2) is 8.42 Å². The van der Waals surface area contributed by atoms with E-state index in [1.54, 1.807) is 39.2 Å². The summed E-state index contributed by atoms with van der Waals surface area (Å²) in [7, 11) is -2.34. The number of nitrogens with zero attached hydrogens (tertiary/aromatic N) is 4. The summed E-state index contributed by atoms with van der Waals surface area (Å²) in [6.07, 6.45) is 7.54. The monoisotopic (exact) mass is 573 g/mol. The minimum Gasteiger partial charge on any atom is -0.497 e. The average molecular weight is 574 g/mol. The minimum atomic E-state index is -3.90. The maximum Gasteiger partial charge on any atom is 0.262 e. The van der Waals surface area contributed by atoms with Crippen LogP contribution in [-0.4, -0.2) is 62.1 Å². The lowest BCUT2D eigenvalue weighted by Gasteiger charge is -2.25. The van der Waals surface area contributed by atoms with Crippen LogP contribution in [-0.2, 0) is 21.4 Å². The van der Waals surface area contributed by atoms with Crippen LogP contribution in [0.4, 0.5) is 11.4 Å². The standard InChI is InChI=1S/C31H35N5O4S/c1-22-17-26(40-3)18-23(2)30(22)41(38,39)33-27-6-4-5-24-9-14-34(29(24)27)19-28(37)36-16-11-31(21-36)10-15-35(20-31)25-7-12-32-13-8-25/h4-9,12-14,17-18,33H,10-11,15-16,19-21H2,1-3H3. The number of para-hydroxylation sites is 1. The van der Waals surface area contributed by atoms with Crippen LogP contribution >= 0.6 is 0 Å². The molecule has 9 nitrogen and oxygen atoms in total. The van der Waals surface area contributed by atoms with Crippen LogP contribution in [0.25, 0.3) is 10.9 Å². The Labute approximate surface area is 240 Å². The number of likely N-dealkylation sites (tertiary alicyclic amines) is 1. The van der Waals surface area contributed by atoms with Crippen molar-refractivity contribution in [3.8, 4) is 5.75 Å². The Bertz CT molecular complexity index is 1700. The van der Waals surface area contributed by atoms with Crippen molar-refractivity contribution in [2.45, 2.75) is 38.1 Å². The smallest absolute Gasteiger partial charge is 0.262 e. The maximum atomic E-state index is 13.6. The van der Waals surface area contributed by atoms with Gasteiger partial charge in [-0.05, 0) is 74.2 Å². The lowest BCUT2D eigenvalue weighted by atomic mass is 9.86. The van der Waals surface area contributed by atoms with E-state index in [1.807, 2.05) is 58.4 Å². The number of fused-ring (bicyclic) bond motifs is 1. The fraction of sp³-hybridized carbons (Fsp3) is 0.355. The molecule has 1 unspecified atom stereocenters. The number of rotatable bonds is 7. The molecule has 6 rings (SSSR count). The molecule has 1 atom stereocenters. The van der Waals surface area contributed by atoms with Crippen LogP contribution in [0.1, 0.15) is 24.0 Å². The number of methoxy groups -OCH3 is 1. The van der Waals surface area contributed by atoms with Crippen molar-refractivity contribution < 1.29 is 17.9 Å². The number of nitrogens with one attached hydrogen (secondary N) is 1. The van der Waals surface area contributed by atoms with Crippen molar-refractivity contribution in [1.29, 1.82) is 0 Å². The van der Waals surface area contributed by atoms with Gasteiger partial charge in [0.2, 0.25) is 5.91 Å². The summed E-state index contributed by atoms with van der Waals surface area (Å²) in [5.41, 5.74) is 3.61. The first kappa shape index (κ1) is 27.1. The molecule has 2 fully saturated rings. The van der Waals surface area contributed by atoms with E-state index in [1.165, 1.54) is 5.69 Å². The second-order valence-corrected chi connectivity index (χ2v) is 12.9. The summed E-state index contributed by atoms with van der Waals surface area (Å²) in [5, 5.41) is 0.864. The molecule has 4 heterocycles. The van der Waals surface area contributed by atoms with E-state index in [2.05, 4.69) is 14.6 Å². The number of amides is 1. The van der Waals surface area contributed by atoms with Crippen LogP contribution in [0.5, 0.6) is 5.75 Å². The fourth-order valence-electron chi connectivity index (χ4n) is 6.56. The number of carbonyl (C=O) groups excluding carboxylic acids is 1. The van der Waals surface area contributed by atoms with Crippen LogP contribution in [0.15, 0.2) is 72.0 Å². The molecular formula is C31H35N5O4S. The van der Waals surface area contributed by atoms with Gasteiger partial charge in [0.05, 0.1) is 23.2 Å². The Morgan fingerprint density at radius 1 is 1.02 bits per heavy atom. The van der Waals surface area contributed by atoms with Gasteiger partial charge >= 0.3 is 0 Å². The predicted molar refractivity (Wildman–Crippen MR) is 160 cm³/mol. The molecule has 2 saturated heterocycles. The summed E-state index contributed by atoms with van der Waals surface area (Å²) in [6, 6.07) is 14.9. The topological polar surface area (TPSA) is 96.8 Å². The molecule has 1 amide bonds. The first-order valence-electron chi connectivity index (χ1n) is 13.9. The largest absolute Gasteiger partial charge is 0.497 e. The first-order chi connectivity index (χ1) is 19.7. The Kier molecular flexibility index (Phi) is 6.89. The van der Waals surface area contributed by atoms with Gasteiger partial charge in [-0.3, -0.25) is 14.5 Å². The molecule has 0 radical (unpaired) electrons. The highest BCUT2D eigenvalue weighted by Crippen LogP contribution is 2.41. The number of anilines is 2. The Morgan fingerprint density at radius 2 is 1.76 bits per heavy atom. The highest BCUT2D eigenvalue weighted by atomic mass is 32.2. The molecular weight excluding hydrogens is 538 g/mol. The lowest BCUT2D eigenvalue weighted by Crippen LogP contribution is -2.35. The summed E-state index contributed by atoms with van der Waals surface area (Å²) in [4.78, 5) is 22.3. The van der Waals surface area contributed by atoms with E-state index in [0.717, 1.165) is 44.4 Å². The predicted octanol–water partition coefficient (Wildman–Crippen LogP) is 4.59. The molecule has 1 spiro atoms. The summed E-state index contributed by atoms with van der Waals surface area (Å²) < 4.78 is 37.1. The SMILES string of the molecule is COc1cc(C)c(S(=O)(=O)Nc2cccc3ccn(CC(=O)N4CCC5(CCN(c6ccncc6)C5)C4)c23)c(C)c1. The molecule has 41 heavy (non-hydrogen) atoms. The van der Waals surface area contributed by atoms with Gasteiger partial charge in [0, 0.05) is 61.3 Å². The van der Waals surface area contributed by atoms with Gasteiger partial charge in [-0.15, -0.1) is 0 Å². The number of benzene rings is 2. The quantitative estimate of drug-likeness (QED) is 0.347. The van der Waals surface area contributed by atoms with Gasteiger partial charge in [0.15, 0.2) is 0 Å². The fourth-order valence-corrected chi connectivity index (χ4v) is 8.08. The zero-order valence-electron chi connectivity index (χ0n) is 23.6. The number of carbonyl (C=O) groups is 1. The van der Waals surface area contributed by atoms with Gasteiger partial charge in [0.1, 0.15) is 12.3 Å². The van der Waals surface area contributed by atoms with Gasteiger partial charge in [-0.1, -0.05) is 12.1 Å². The number of aromatic nitrogens is 2. The molecule has 2 aliphatic heterocycles. The minimum absolute atomic E-state index is 0.0428. The molecule has 2 aliphatic rings. The van der Waals surface area contributed by atoms with E-state index in [-0.39, 0.29) is 22.8 Å². The molecule has 2 aromatic carbocycles. The first-order valence-corrected chi connectivity index (χ1v) is 15.4. The lowest BCUT2D eigenvalue weighted by molar-refractivity contribution is -0.131. The van der Waals surface area contributed by atoms with E-state index in [4.69, 9.17) is 4.74 Å². The van der Waals surface area contributed by atoms with Gasteiger partial charge in [-0.2, -0.15) is 0 Å². The summed E-state index contributed by atoms with van der Waals surface area (Å²) in [6.45, 7) is 7.05. The highest BCUT2D eigenvalue weighted by molar-refractivity contribution is 7.92. The molecule has 2 aromatic heterocycles. The number of ether oxygens (including phenoxy) is 1. The zero-order chi connectivity index (χ0) is 28.8. The van der Waals surface area contributed by atoms with Crippen LogP contribution in [0.3, 0.4) is 0 Å². The average Bonchev–Trinajstić information content (AvgIpc) is 3.68. The third-order valence-electron chi connectivity index (χ3n) is 8.53. The number of hydrogen-bond donors (Lipinski definition) is 1. The second-order valence-electron chi connectivity index (χ2n) is 11.3.